The van der Waals surface area contributed by atoms with Crippen molar-refractivity contribution in [2.45, 2.75) is 31.2 Å². The second kappa shape index (κ2) is 6.51. The van der Waals surface area contributed by atoms with E-state index in [9.17, 15) is 13.2 Å². The zero-order valence-electron chi connectivity index (χ0n) is 13.4. The van der Waals surface area contributed by atoms with Gasteiger partial charge in [-0.15, -0.1) is 0 Å². The normalized spacial score (nSPS) is 12.2. The molecule has 0 fully saturated rings. The Morgan fingerprint density at radius 1 is 1.21 bits per heavy atom. The number of halogens is 1. The lowest BCUT2D eigenvalue weighted by Gasteiger charge is -2.20. The summed E-state index contributed by atoms with van der Waals surface area (Å²) in [6, 6.07) is 7.55. The Kier molecular flexibility index (Phi) is 4.98. The number of carbonyl (C=O) groups is 1. The summed E-state index contributed by atoms with van der Waals surface area (Å²) in [6.45, 7) is 5.24. The first-order valence-electron chi connectivity index (χ1n) is 7.03. The summed E-state index contributed by atoms with van der Waals surface area (Å²) in [6.07, 6.45) is 1.40. The Bertz CT molecular complexity index is 889. The van der Waals surface area contributed by atoms with Crippen LogP contribution in [0.25, 0.3) is 11.1 Å². The van der Waals surface area contributed by atoms with Gasteiger partial charge in [0.05, 0.1) is 10.5 Å². The van der Waals surface area contributed by atoms with E-state index in [0.29, 0.717) is 11.1 Å². The van der Waals surface area contributed by atoms with Crippen LogP contribution in [-0.2, 0) is 10.0 Å². The lowest BCUT2D eigenvalue weighted by molar-refractivity contribution is 0.0696. The predicted octanol–water partition coefficient (Wildman–Crippen LogP) is 3.18. The van der Waals surface area contributed by atoms with Gasteiger partial charge in [0.2, 0.25) is 10.0 Å². The first-order valence-corrected chi connectivity index (χ1v) is 8.89. The van der Waals surface area contributed by atoms with E-state index in [1.165, 1.54) is 24.4 Å². The molecule has 1 heterocycles. The highest BCUT2D eigenvalue weighted by atomic mass is 35.5. The molecule has 0 unspecified atom stereocenters. The molecule has 0 saturated heterocycles. The van der Waals surface area contributed by atoms with Crippen LogP contribution in [-0.4, -0.2) is 30.0 Å². The highest BCUT2D eigenvalue weighted by Crippen LogP contribution is 2.25. The van der Waals surface area contributed by atoms with Crippen molar-refractivity contribution in [3.05, 3.63) is 47.2 Å². The second-order valence-electron chi connectivity index (χ2n) is 6.25. The first-order chi connectivity index (χ1) is 11.0. The number of aromatic carboxylic acids is 1. The maximum Gasteiger partial charge on any atom is 0.338 e. The number of hydrogen-bond acceptors (Lipinski definition) is 4. The number of pyridine rings is 1. The number of nitrogens with one attached hydrogen (secondary N) is 1. The number of sulfonamides is 1. The largest absolute Gasteiger partial charge is 0.478 e. The molecule has 8 heteroatoms. The van der Waals surface area contributed by atoms with Gasteiger partial charge in [-0.1, -0.05) is 23.7 Å². The fourth-order valence-corrected chi connectivity index (χ4v) is 3.71. The molecule has 128 valence electrons. The van der Waals surface area contributed by atoms with Gasteiger partial charge in [-0.2, -0.15) is 0 Å². The van der Waals surface area contributed by atoms with Gasteiger partial charge >= 0.3 is 5.97 Å². The van der Waals surface area contributed by atoms with Crippen molar-refractivity contribution in [3.8, 4) is 11.1 Å². The van der Waals surface area contributed by atoms with Crippen molar-refractivity contribution in [1.29, 1.82) is 0 Å². The molecule has 0 atom stereocenters. The summed E-state index contributed by atoms with van der Waals surface area (Å²) in [4.78, 5) is 15.1. The summed E-state index contributed by atoms with van der Waals surface area (Å²) in [5.74, 6) is -1.20. The number of rotatable bonds is 4. The van der Waals surface area contributed by atoms with Crippen molar-refractivity contribution in [2.24, 2.45) is 0 Å². The van der Waals surface area contributed by atoms with E-state index in [1.54, 1.807) is 32.9 Å². The van der Waals surface area contributed by atoms with Crippen molar-refractivity contribution < 1.29 is 18.3 Å². The van der Waals surface area contributed by atoms with E-state index in [1.807, 2.05) is 0 Å². The summed E-state index contributed by atoms with van der Waals surface area (Å²) in [7, 11) is -3.70. The SMILES string of the molecule is CC(C)(C)NS(=O)(=O)c1cccc(-c2cnc(Cl)c(C(=O)O)c2)c1. The van der Waals surface area contributed by atoms with E-state index in [2.05, 4.69) is 9.71 Å². The van der Waals surface area contributed by atoms with E-state index >= 15 is 0 Å². The van der Waals surface area contributed by atoms with Gasteiger partial charge in [-0.25, -0.2) is 22.9 Å². The molecule has 0 bridgehead atoms. The second-order valence-corrected chi connectivity index (χ2v) is 8.29. The van der Waals surface area contributed by atoms with Gasteiger partial charge in [0.25, 0.3) is 0 Å². The van der Waals surface area contributed by atoms with Gasteiger partial charge in [0.15, 0.2) is 0 Å². The standard InChI is InChI=1S/C16H17ClN2O4S/c1-16(2,3)19-24(22,23)12-6-4-5-10(7-12)11-8-13(15(20)21)14(17)18-9-11/h4-9,19H,1-3H3,(H,20,21). The van der Waals surface area contributed by atoms with Crippen LogP contribution in [0.1, 0.15) is 31.1 Å². The predicted molar refractivity (Wildman–Crippen MR) is 91.7 cm³/mol. The molecule has 24 heavy (non-hydrogen) atoms. The van der Waals surface area contributed by atoms with Crippen molar-refractivity contribution in [1.82, 2.24) is 9.71 Å². The molecule has 0 saturated carbocycles. The minimum atomic E-state index is -3.70. The maximum absolute atomic E-state index is 12.4. The highest BCUT2D eigenvalue weighted by molar-refractivity contribution is 7.89. The fraction of sp³-hybridized carbons (Fsp3) is 0.250. The minimum Gasteiger partial charge on any atom is -0.478 e. The molecule has 2 rings (SSSR count). The Hall–Kier alpha value is -1.96. The molecule has 0 aliphatic carbocycles. The van der Waals surface area contributed by atoms with Crippen molar-refractivity contribution in [2.75, 3.05) is 0 Å². The fourth-order valence-electron chi connectivity index (χ4n) is 2.06. The third-order valence-electron chi connectivity index (χ3n) is 2.99. The van der Waals surface area contributed by atoms with Crippen LogP contribution in [0.3, 0.4) is 0 Å². The van der Waals surface area contributed by atoms with Crippen LogP contribution in [0.2, 0.25) is 5.15 Å². The van der Waals surface area contributed by atoms with E-state index < -0.39 is 21.5 Å². The molecule has 0 radical (unpaired) electrons. The van der Waals surface area contributed by atoms with E-state index in [4.69, 9.17) is 16.7 Å². The van der Waals surface area contributed by atoms with Crippen LogP contribution < -0.4 is 4.72 Å². The molecule has 0 aliphatic rings. The van der Waals surface area contributed by atoms with Gasteiger partial charge in [-0.3, -0.25) is 0 Å². The van der Waals surface area contributed by atoms with Crippen LogP contribution >= 0.6 is 11.6 Å². The van der Waals surface area contributed by atoms with Crippen molar-refractivity contribution >= 4 is 27.6 Å². The number of aromatic nitrogens is 1. The van der Waals surface area contributed by atoms with Crippen LogP contribution in [0.4, 0.5) is 0 Å². The summed E-state index contributed by atoms with van der Waals surface area (Å²) in [5, 5.41) is 9.00. The molecular formula is C16H17ClN2O4S. The molecule has 1 aromatic carbocycles. The number of nitrogens with zero attached hydrogens (tertiary/aromatic N) is 1. The number of benzene rings is 1. The molecule has 0 aliphatic heterocycles. The number of carboxylic acid groups (broad SMARTS) is 1. The lowest BCUT2D eigenvalue weighted by atomic mass is 10.1. The third kappa shape index (κ3) is 4.31. The van der Waals surface area contributed by atoms with E-state index in [0.717, 1.165) is 0 Å². The summed E-state index contributed by atoms with van der Waals surface area (Å²) >= 11 is 5.76. The molecule has 6 nitrogen and oxygen atoms in total. The third-order valence-corrected chi connectivity index (χ3v) is 5.04. The van der Waals surface area contributed by atoms with Gasteiger partial charge in [-0.05, 0) is 44.5 Å². The Labute approximate surface area is 145 Å². The quantitative estimate of drug-likeness (QED) is 0.808. The van der Waals surface area contributed by atoms with Crippen LogP contribution in [0.15, 0.2) is 41.4 Å². The first kappa shape index (κ1) is 18.4. The molecule has 0 spiro atoms. The zero-order chi connectivity index (χ0) is 18.1. The molecule has 2 N–H and O–H groups in total. The monoisotopic (exact) mass is 368 g/mol. The Morgan fingerprint density at radius 2 is 1.88 bits per heavy atom. The Balaban J connectivity index is 2.49. The minimum absolute atomic E-state index is 0.0850. The highest BCUT2D eigenvalue weighted by Gasteiger charge is 2.22. The summed E-state index contributed by atoms with van der Waals surface area (Å²) in [5.41, 5.74) is 0.228. The van der Waals surface area contributed by atoms with Crippen LogP contribution in [0, 0.1) is 0 Å². The average molecular weight is 369 g/mol. The lowest BCUT2D eigenvalue weighted by Crippen LogP contribution is -2.40. The smallest absolute Gasteiger partial charge is 0.338 e. The average Bonchev–Trinajstić information content (AvgIpc) is 2.45. The maximum atomic E-state index is 12.4. The van der Waals surface area contributed by atoms with Gasteiger partial charge < -0.3 is 5.11 Å². The van der Waals surface area contributed by atoms with Crippen LogP contribution in [0.5, 0.6) is 0 Å². The molecule has 1 aromatic heterocycles. The van der Waals surface area contributed by atoms with E-state index in [-0.39, 0.29) is 15.6 Å². The topological polar surface area (TPSA) is 96.4 Å². The molecule has 0 amide bonds. The zero-order valence-corrected chi connectivity index (χ0v) is 14.9. The van der Waals surface area contributed by atoms with Crippen molar-refractivity contribution in [3.63, 3.8) is 0 Å². The summed E-state index contributed by atoms with van der Waals surface area (Å²) < 4.78 is 27.4. The number of hydrogen-bond donors (Lipinski definition) is 2. The molecule has 2 aromatic rings. The number of carboxylic acids is 1. The molecular weight excluding hydrogens is 352 g/mol. The van der Waals surface area contributed by atoms with Gasteiger partial charge in [0.1, 0.15) is 5.15 Å². The van der Waals surface area contributed by atoms with Gasteiger partial charge in [0, 0.05) is 17.3 Å². The Morgan fingerprint density at radius 3 is 2.46 bits per heavy atom.